The van der Waals surface area contributed by atoms with E-state index in [9.17, 15) is 9.59 Å². The van der Waals surface area contributed by atoms with Gasteiger partial charge in [0.1, 0.15) is 5.82 Å². The second kappa shape index (κ2) is 4.11. The van der Waals surface area contributed by atoms with Gasteiger partial charge in [0.05, 0.1) is 5.02 Å². The van der Waals surface area contributed by atoms with Crippen LogP contribution in [0.25, 0.3) is 11.4 Å². The second-order valence-electron chi connectivity index (χ2n) is 2.97. The monoisotopic (exact) mass is 257 g/mol. The van der Waals surface area contributed by atoms with Gasteiger partial charge >= 0.3 is 11.4 Å². The van der Waals surface area contributed by atoms with Gasteiger partial charge in [-0.1, -0.05) is 23.2 Å². The predicted octanol–water partition coefficient (Wildman–Crippen LogP) is 1.43. The van der Waals surface area contributed by atoms with Gasteiger partial charge in [-0.05, 0) is 18.2 Å². The van der Waals surface area contributed by atoms with Gasteiger partial charge in [0, 0.05) is 10.6 Å². The average Bonchev–Trinajstić information content (AvgIpc) is 2.15. The smallest absolute Gasteiger partial charge is 0.291 e. The van der Waals surface area contributed by atoms with E-state index >= 15 is 0 Å². The van der Waals surface area contributed by atoms with Crippen molar-refractivity contribution >= 4 is 23.2 Å². The molecule has 0 aliphatic carbocycles. The Bertz CT molecular complexity index is 619. The number of rotatable bonds is 1. The van der Waals surface area contributed by atoms with E-state index in [1.54, 1.807) is 12.1 Å². The maximum absolute atomic E-state index is 11.0. The zero-order valence-electron chi connectivity index (χ0n) is 7.75. The van der Waals surface area contributed by atoms with E-state index in [0.29, 0.717) is 15.6 Å². The molecule has 0 aliphatic rings. The Hall–Kier alpha value is -1.59. The van der Waals surface area contributed by atoms with E-state index in [1.807, 2.05) is 4.98 Å². The summed E-state index contributed by atoms with van der Waals surface area (Å²) in [5.41, 5.74) is -0.931. The summed E-state index contributed by atoms with van der Waals surface area (Å²) in [6, 6.07) is 4.66. The summed E-state index contributed by atoms with van der Waals surface area (Å²) in [6.45, 7) is 0. The molecular weight excluding hydrogens is 253 g/mol. The van der Waals surface area contributed by atoms with Crippen molar-refractivity contribution in [2.45, 2.75) is 0 Å². The summed E-state index contributed by atoms with van der Waals surface area (Å²) >= 11 is 11.6. The molecule has 2 N–H and O–H groups in total. The molecular formula is C9H5Cl2N3O2. The van der Waals surface area contributed by atoms with Crippen molar-refractivity contribution < 1.29 is 0 Å². The summed E-state index contributed by atoms with van der Waals surface area (Å²) in [7, 11) is 0. The minimum absolute atomic E-state index is 0.107. The lowest BCUT2D eigenvalue weighted by Crippen LogP contribution is -2.25. The fraction of sp³-hybridized carbons (Fsp3) is 0. The number of hydrogen-bond acceptors (Lipinski definition) is 3. The van der Waals surface area contributed by atoms with E-state index in [1.165, 1.54) is 6.07 Å². The summed E-state index contributed by atoms with van der Waals surface area (Å²) in [6.07, 6.45) is 0. The zero-order chi connectivity index (χ0) is 11.7. The third-order valence-electron chi connectivity index (χ3n) is 1.85. The van der Waals surface area contributed by atoms with Gasteiger partial charge in [-0.25, -0.2) is 9.59 Å². The van der Waals surface area contributed by atoms with Gasteiger partial charge < -0.3 is 0 Å². The highest BCUT2D eigenvalue weighted by atomic mass is 35.5. The van der Waals surface area contributed by atoms with Gasteiger partial charge in [0.2, 0.25) is 0 Å². The Labute approximate surface area is 99.1 Å². The Morgan fingerprint density at radius 2 is 1.88 bits per heavy atom. The van der Waals surface area contributed by atoms with Crippen molar-refractivity contribution in [3.05, 3.63) is 49.2 Å². The van der Waals surface area contributed by atoms with Crippen molar-refractivity contribution in [3.63, 3.8) is 0 Å². The molecule has 1 aromatic heterocycles. The maximum Gasteiger partial charge on any atom is 0.351 e. The number of aromatic amines is 2. The van der Waals surface area contributed by atoms with Crippen LogP contribution in [0.5, 0.6) is 0 Å². The molecule has 0 bridgehead atoms. The van der Waals surface area contributed by atoms with Crippen LogP contribution in [0.3, 0.4) is 0 Å². The second-order valence-corrected chi connectivity index (χ2v) is 3.81. The normalized spacial score (nSPS) is 10.4. The number of benzene rings is 1. The van der Waals surface area contributed by atoms with Gasteiger partial charge in [0.25, 0.3) is 0 Å². The molecule has 0 aliphatic heterocycles. The molecule has 0 radical (unpaired) electrons. The predicted molar refractivity (Wildman–Crippen MR) is 60.9 cm³/mol. The fourth-order valence-electron chi connectivity index (χ4n) is 1.20. The van der Waals surface area contributed by atoms with E-state index in [0.717, 1.165) is 0 Å². The lowest BCUT2D eigenvalue weighted by atomic mass is 10.2. The molecule has 0 amide bonds. The molecule has 1 aromatic carbocycles. The molecule has 5 nitrogen and oxygen atoms in total. The van der Waals surface area contributed by atoms with Crippen LogP contribution < -0.4 is 11.4 Å². The fourth-order valence-corrected chi connectivity index (χ4v) is 1.70. The van der Waals surface area contributed by atoms with Crippen LogP contribution >= 0.6 is 23.2 Å². The summed E-state index contributed by atoms with van der Waals surface area (Å²) in [5.74, 6) is 0.107. The third-order valence-corrected chi connectivity index (χ3v) is 2.40. The SMILES string of the molecule is O=c1nc(-c2ccc(Cl)cc2Cl)[nH]c(=O)[nH]1. The van der Waals surface area contributed by atoms with E-state index < -0.39 is 11.4 Å². The number of aromatic nitrogens is 3. The lowest BCUT2D eigenvalue weighted by molar-refractivity contribution is 0.943. The summed E-state index contributed by atoms with van der Waals surface area (Å²) < 4.78 is 0. The van der Waals surface area contributed by atoms with Gasteiger partial charge in [-0.15, -0.1) is 0 Å². The van der Waals surface area contributed by atoms with Crippen LogP contribution in [0.4, 0.5) is 0 Å². The first kappa shape index (κ1) is 10.9. The first-order chi connectivity index (χ1) is 7.56. The Balaban J connectivity index is 2.67. The number of halogens is 2. The Kier molecular flexibility index (Phi) is 2.80. The first-order valence-electron chi connectivity index (χ1n) is 4.22. The van der Waals surface area contributed by atoms with E-state index in [2.05, 4.69) is 9.97 Å². The maximum atomic E-state index is 11.0. The molecule has 2 rings (SSSR count). The van der Waals surface area contributed by atoms with Crippen LogP contribution in [-0.4, -0.2) is 15.0 Å². The van der Waals surface area contributed by atoms with Crippen LogP contribution in [0.15, 0.2) is 27.8 Å². The van der Waals surface area contributed by atoms with E-state index in [-0.39, 0.29) is 5.82 Å². The van der Waals surface area contributed by atoms with Crippen molar-refractivity contribution in [1.29, 1.82) is 0 Å². The number of nitrogens with one attached hydrogen (secondary N) is 2. The molecule has 0 unspecified atom stereocenters. The summed E-state index contributed by atoms with van der Waals surface area (Å²) in [5, 5.41) is 0.766. The molecule has 0 atom stereocenters. The van der Waals surface area contributed by atoms with Gasteiger partial charge in [-0.3, -0.25) is 9.97 Å². The first-order valence-corrected chi connectivity index (χ1v) is 4.98. The molecule has 0 spiro atoms. The molecule has 16 heavy (non-hydrogen) atoms. The molecule has 1 heterocycles. The molecule has 0 saturated heterocycles. The van der Waals surface area contributed by atoms with E-state index in [4.69, 9.17) is 23.2 Å². The van der Waals surface area contributed by atoms with Crippen molar-refractivity contribution in [2.24, 2.45) is 0 Å². The van der Waals surface area contributed by atoms with Crippen molar-refractivity contribution in [2.75, 3.05) is 0 Å². The average molecular weight is 258 g/mol. The highest BCUT2D eigenvalue weighted by Gasteiger charge is 2.07. The summed E-state index contributed by atoms with van der Waals surface area (Å²) in [4.78, 5) is 30.0. The number of H-pyrrole nitrogens is 2. The highest BCUT2D eigenvalue weighted by molar-refractivity contribution is 6.36. The number of hydrogen-bond donors (Lipinski definition) is 2. The van der Waals surface area contributed by atoms with Gasteiger partial charge in [0.15, 0.2) is 0 Å². The topological polar surface area (TPSA) is 78.6 Å². The minimum Gasteiger partial charge on any atom is -0.291 e. The molecule has 0 saturated carbocycles. The van der Waals surface area contributed by atoms with Crippen molar-refractivity contribution in [3.8, 4) is 11.4 Å². The van der Waals surface area contributed by atoms with Gasteiger partial charge in [-0.2, -0.15) is 4.98 Å². The minimum atomic E-state index is -0.732. The Morgan fingerprint density at radius 1 is 1.12 bits per heavy atom. The highest BCUT2D eigenvalue weighted by Crippen LogP contribution is 2.26. The van der Waals surface area contributed by atoms with Crippen LogP contribution in [-0.2, 0) is 0 Å². The van der Waals surface area contributed by atoms with Crippen LogP contribution in [0, 0.1) is 0 Å². The van der Waals surface area contributed by atoms with Crippen molar-refractivity contribution in [1.82, 2.24) is 15.0 Å². The zero-order valence-corrected chi connectivity index (χ0v) is 9.26. The Morgan fingerprint density at radius 3 is 2.50 bits per heavy atom. The molecule has 0 fully saturated rings. The van der Waals surface area contributed by atoms with Crippen LogP contribution in [0.2, 0.25) is 10.0 Å². The largest absolute Gasteiger partial charge is 0.351 e. The lowest BCUT2D eigenvalue weighted by Gasteiger charge is -2.02. The quantitative estimate of drug-likeness (QED) is 0.812. The molecule has 82 valence electrons. The standard InChI is InChI=1S/C9H5Cl2N3O2/c10-4-1-2-5(6(11)3-4)7-12-8(15)14-9(16)13-7/h1-3H,(H2,12,13,14,15,16). The number of nitrogens with zero attached hydrogens (tertiary/aromatic N) is 1. The molecule has 2 aromatic rings. The third kappa shape index (κ3) is 2.15. The van der Waals surface area contributed by atoms with Crippen LogP contribution in [0.1, 0.15) is 0 Å². The molecule has 7 heteroatoms.